The van der Waals surface area contributed by atoms with Gasteiger partial charge in [0.15, 0.2) is 0 Å². The maximum absolute atomic E-state index is 12.9. The van der Waals surface area contributed by atoms with Crippen LogP contribution in [-0.2, 0) is 11.3 Å². The van der Waals surface area contributed by atoms with E-state index < -0.39 is 0 Å². The molecule has 0 atom stereocenters. The Bertz CT molecular complexity index is 694. The van der Waals surface area contributed by atoms with Crippen LogP contribution < -0.4 is 5.32 Å². The fourth-order valence-corrected chi connectivity index (χ4v) is 2.76. The number of nitrogens with one attached hydrogen (secondary N) is 1. The number of carbonyl (C=O) groups excluding carboxylic acids is 2. The van der Waals surface area contributed by atoms with Gasteiger partial charge < -0.3 is 14.6 Å². The van der Waals surface area contributed by atoms with Gasteiger partial charge in [0.05, 0.1) is 11.8 Å². The summed E-state index contributed by atoms with van der Waals surface area (Å²) in [6.45, 7) is 5.44. The molecule has 26 heavy (non-hydrogen) atoms. The Morgan fingerprint density at radius 3 is 2.54 bits per heavy atom. The molecule has 0 saturated carbocycles. The van der Waals surface area contributed by atoms with E-state index in [-0.39, 0.29) is 11.8 Å². The molecule has 1 N–H and O–H groups in total. The van der Waals surface area contributed by atoms with Gasteiger partial charge in [-0.05, 0) is 25.0 Å². The molecule has 0 aliphatic rings. The Kier molecular flexibility index (Phi) is 7.93. The number of unbranched alkanes of at least 4 members (excludes halogenated alkanes) is 2. The van der Waals surface area contributed by atoms with Gasteiger partial charge in [0.2, 0.25) is 5.91 Å². The number of aryl methyl sites for hydroxylation is 1. The average Bonchev–Trinajstić information content (AvgIpc) is 3.08. The monoisotopic (exact) mass is 356 g/mol. The van der Waals surface area contributed by atoms with Crippen LogP contribution in [0.5, 0.6) is 0 Å². The summed E-state index contributed by atoms with van der Waals surface area (Å²) in [6, 6.07) is 11.5. The molecule has 0 unspecified atom stereocenters. The predicted octanol–water partition coefficient (Wildman–Crippen LogP) is 3.93. The lowest BCUT2D eigenvalue weighted by atomic mass is 10.1. The van der Waals surface area contributed by atoms with Gasteiger partial charge >= 0.3 is 0 Å². The third kappa shape index (κ3) is 6.06. The van der Waals surface area contributed by atoms with Crippen LogP contribution in [0.15, 0.2) is 47.1 Å². The first-order chi connectivity index (χ1) is 12.6. The first-order valence-corrected chi connectivity index (χ1v) is 9.25. The van der Waals surface area contributed by atoms with Crippen molar-refractivity contribution in [1.82, 2.24) is 10.2 Å². The smallest absolute Gasteiger partial charge is 0.257 e. The molecule has 0 spiro atoms. The van der Waals surface area contributed by atoms with E-state index >= 15 is 0 Å². The topological polar surface area (TPSA) is 62.6 Å². The number of hydrogen-bond donors (Lipinski definition) is 1. The zero-order chi connectivity index (χ0) is 18.8. The van der Waals surface area contributed by atoms with Crippen molar-refractivity contribution >= 4 is 11.8 Å². The lowest BCUT2D eigenvalue weighted by molar-refractivity contribution is -0.121. The third-order valence-electron chi connectivity index (χ3n) is 4.30. The van der Waals surface area contributed by atoms with Crippen LogP contribution in [0.25, 0.3) is 0 Å². The Morgan fingerprint density at radius 2 is 1.88 bits per heavy atom. The van der Waals surface area contributed by atoms with Crippen LogP contribution in [0.1, 0.15) is 54.3 Å². The molecule has 5 heteroatoms. The highest BCUT2D eigenvalue weighted by Crippen LogP contribution is 2.15. The third-order valence-corrected chi connectivity index (χ3v) is 4.30. The van der Waals surface area contributed by atoms with Crippen molar-refractivity contribution in [3.63, 3.8) is 0 Å². The summed E-state index contributed by atoms with van der Waals surface area (Å²) in [7, 11) is 0. The Balaban J connectivity index is 1.98. The van der Waals surface area contributed by atoms with Gasteiger partial charge in [-0.2, -0.15) is 0 Å². The van der Waals surface area contributed by atoms with Crippen LogP contribution in [0.2, 0.25) is 0 Å². The van der Waals surface area contributed by atoms with Crippen LogP contribution in [0.4, 0.5) is 0 Å². The van der Waals surface area contributed by atoms with Gasteiger partial charge in [-0.15, -0.1) is 0 Å². The lowest BCUT2D eigenvalue weighted by Gasteiger charge is -2.22. The van der Waals surface area contributed by atoms with Gasteiger partial charge in [0.1, 0.15) is 5.76 Å². The molecule has 0 fully saturated rings. The molecule has 0 saturated heterocycles. The molecule has 0 radical (unpaired) electrons. The van der Waals surface area contributed by atoms with Crippen LogP contribution in [0.3, 0.4) is 0 Å². The highest BCUT2D eigenvalue weighted by molar-refractivity contribution is 5.95. The van der Waals surface area contributed by atoms with Crippen molar-refractivity contribution in [3.8, 4) is 0 Å². The maximum Gasteiger partial charge on any atom is 0.257 e. The molecule has 1 aromatic heterocycles. The van der Waals surface area contributed by atoms with Crippen LogP contribution in [0, 0.1) is 6.92 Å². The molecular weight excluding hydrogens is 328 g/mol. The first-order valence-electron chi connectivity index (χ1n) is 9.25. The lowest BCUT2D eigenvalue weighted by Crippen LogP contribution is -2.35. The van der Waals surface area contributed by atoms with E-state index in [1.807, 2.05) is 30.3 Å². The van der Waals surface area contributed by atoms with Crippen molar-refractivity contribution in [2.75, 3.05) is 13.1 Å². The van der Waals surface area contributed by atoms with Crippen molar-refractivity contribution in [1.29, 1.82) is 0 Å². The summed E-state index contributed by atoms with van der Waals surface area (Å²) in [5.74, 6) is 0.465. The van der Waals surface area contributed by atoms with Crippen molar-refractivity contribution < 1.29 is 14.0 Å². The zero-order valence-corrected chi connectivity index (χ0v) is 15.7. The van der Waals surface area contributed by atoms with E-state index in [4.69, 9.17) is 4.42 Å². The average molecular weight is 356 g/mol. The summed E-state index contributed by atoms with van der Waals surface area (Å²) in [5.41, 5.74) is 1.58. The van der Waals surface area contributed by atoms with Gasteiger partial charge in [-0.1, -0.05) is 50.1 Å². The predicted molar refractivity (Wildman–Crippen MR) is 102 cm³/mol. The maximum atomic E-state index is 12.9. The second kappa shape index (κ2) is 10.4. The summed E-state index contributed by atoms with van der Waals surface area (Å²) in [5, 5.41) is 2.93. The van der Waals surface area contributed by atoms with E-state index in [1.54, 1.807) is 17.9 Å². The Morgan fingerprint density at radius 1 is 1.12 bits per heavy atom. The molecule has 0 aliphatic carbocycles. The molecule has 1 aromatic carbocycles. The Hall–Kier alpha value is -2.56. The largest absolute Gasteiger partial charge is 0.469 e. The highest BCUT2D eigenvalue weighted by atomic mass is 16.3. The second-order valence-electron chi connectivity index (χ2n) is 6.41. The quantitative estimate of drug-likeness (QED) is 0.656. The van der Waals surface area contributed by atoms with Gasteiger partial charge in [0.25, 0.3) is 5.91 Å². The van der Waals surface area contributed by atoms with Gasteiger partial charge in [-0.25, -0.2) is 0 Å². The number of furan rings is 1. The van der Waals surface area contributed by atoms with E-state index in [0.29, 0.717) is 37.4 Å². The molecular formula is C21H28N2O3. The van der Waals surface area contributed by atoms with E-state index in [0.717, 1.165) is 24.8 Å². The van der Waals surface area contributed by atoms with Crippen LogP contribution in [-0.4, -0.2) is 29.8 Å². The number of amides is 2. The molecule has 0 aliphatic heterocycles. The number of nitrogens with zero attached hydrogens (tertiary/aromatic N) is 1. The standard InChI is InChI=1S/C21H28N2O3/c1-3-4-8-13-22-20(24)11-14-23(16-18-9-6-5-7-10-18)21(25)19-12-15-26-17(19)2/h5-7,9-10,12,15H,3-4,8,11,13-14,16H2,1-2H3,(H,22,24). The van der Waals surface area contributed by atoms with E-state index in [2.05, 4.69) is 12.2 Å². The van der Waals surface area contributed by atoms with Crippen molar-refractivity contribution in [2.24, 2.45) is 0 Å². The zero-order valence-electron chi connectivity index (χ0n) is 15.7. The number of benzene rings is 1. The molecule has 2 amide bonds. The molecule has 2 rings (SSSR count). The highest BCUT2D eigenvalue weighted by Gasteiger charge is 2.20. The normalized spacial score (nSPS) is 10.5. The molecule has 140 valence electrons. The van der Waals surface area contributed by atoms with E-state index in [1.165, 1.54) is 6.26 Å². The summed E-state index contributed by atoms with van der Waals surface area (Å²) < 4.78 is 5.26. The molecule has 2 aromatic rings. The number of hydrogen-bond acceptors (Lipinski definition) is 3. The Labute approximate surface area is 155 Å². The second-order valence-corrected chi connectivity index (χ2v) is 6.41. The van der Waals surface area contributed by atoms with Crippen LogP contribution >= 0.6 is 0 Å². The van der Waals surface area contributed by atoms with Crippen molar-refractivity contribution in [2.45, 2.75) is 46.1 Å². The molecule has 0 bridgehead atoms. The first kappa shape index (κ1) is 19.8. The summed E-state index contributed by atoms with van der Waals surface area (Å²) in [4.78, 5) is 26.7. The summed E-state index contributed by atoms with van der Waals surface area (Å²) in [6.07, 6.45) is 5.03. The minimum Gasteiger partial charge on any atom is -0.469 e. The minimum atomic E-state index is -0.112. The van der Waals surface area contributed by atoms with Crippen molar-refractivity contribution in [3.05, 3.63) is 59.5 Å². The van der Waals surface area contributed by atoms with Gasteiger partial charge in [-0.3, -0.25) is 9.59 Å². The number of carbonyl (C=O) groups is 2. The fourth-order valence-electron chi connectivity index (χ4n) is 2.76. The molecule has 5 nitrogen and oxygen atoms in total. The SMILES string of the molecule is CCCCCNC(=O)CCN(Cc1ccccc1)C(=O)c1ccoc1C. The summed E-state index contributed by atoms with van der Waals surface area (Å²) >= 11 is 0. The van der Waals surface area contributed by atoms with Gasteiger partial charge in [0, 0.05) is 26.1 Å². The van der Waals surface area contributed by atoms with E-state index in [9.17, 15) is 9.59 Å². The fraction of sp³-hybridized carbons (Fsp3) is 0.429. The number of rotatable bonds is 10. The minimum absolute atomic E-state index is 0.0177. The molecule has 1 heterocycles.